The molecule has 1 rings (SSSR count). The van der Waals surface area contributed by atoms with Crippen molar-refractivity contribution in [2.45, 2.75) is 66.0 Å². The lowest BCUT2D eigenvalue weighted by atomic mass is 10.0. The van der Waals surface area contributed by atoms with Crippen LogP contribution in [0.15, 0.2) is 18.2 Å². The minimum atomic E-state index is -0.483. The van der Waals surface area contributed by atoms with E-state index < -0.39 is 6.10 Å². The lowest BCUT2D eigenvalue weighted by Crippen LogP contribution is -2.42. The SMILES string of the molecule is CCCOc1ccc(C)cc1C(O)CCN(CC)C(C)(C)C. The summed E-state index contributed by atoms with van der Waals surface area (Å²) < 4.78 is 5.79. The van der Waals surface area contributed by atoms with E-state index >= 15 is 0 Å². The van der Waals surface area contributed by atoms with Crippen LogP contribution in [0.5, 0.6) is 5.75 Å². The number of ether oxygens (including phenoxy) is 1. The lowest BCUT2D eigenvalue weighted by molar-refractivity contribution is 0.0980. The first-order valence-electron chi connectivity index (χ1n) is 8.46. The van der Waals surface area contributed by atoms with Crippen LogP contribution in [0.4, 0.5) is 0 Å². The summed E-state index contributed by atoms with van der Waals surface area (Å²) >= 11 is 0. The Bertz CT molecular complexity index is 451. The minimum Gasteiger partial charge on any atom is -0.493 e. The molecule has 0 spiro atoms. The first kappa shape index (κ1) is 19.0. The van der Waals surface area contributed by atoms with Gasteiger partial charge in [-0.3, -0.25) is 4.90 Å². The Morgan fingerprint density at radius 2 is 1.91 bits per heavy atom. The van der Waals surface area contributed by atoms with Gasteiger partial charge in [0.15, 0.2) is 0 Å². The zero-order valence-electron chi connectivity index (χ0n) is 15.1. The second-order valence-electron chi connectivity index (χ2n) is 6.94. The largest absolute Gasteiger partial charge is 0.493 e. The van der Waals surface area contributed by atoms with Gasteiger partial charge in [-0.25, -0.2) is 0 Å². The molecule has 3 heteroatoms. The van der Waals surface area contributed by atoms with Gasteiger partial charge >= 0.3 is 0 Å². The number of hydrogen-bond donors (Lipinski definition) is 1. The van der Waals surface area contributed by atoms with Crippen molar-refractivity contribution in [1.82, 2.24) is 4.90 Å². The van der Waals surface area contributed by atoms with Gasteiger partial charge in [0, 0.05) is 17.6 Å². The Morgan fingerprint density at radius 3 is 2.45 bits per heavy atom. The Kier molecular flexibility index (Phi) is 7.37. The first-order chi connectivity index (χ1) is 10.3. The fourth-order valence-electron chi connectivity index (χ4n) is 2.67. The van der Waals surface area contributed by atoms with Gasteiger partial charge in [0.2, 0.25) is 0 Å². The molecule has 0 aliphatic rings. The third-order valence-electron chi connectivity index (χ3n) is 3.99. The molecule has 1 unspecified atom stereocenters. The standard InChI is InChI=1S/C19H33NO2/c1-7-13-22-18-10-9-15(3)14-16(18)17(21)11-12-20(8-2)19(4,5)6/h9-10,14,17,21H,7-8,11-13H2,1-6H3. The summed E-state index contributed by atoms with van der Waals surface area (Å²) in [6.07, 6.45) is 1.21. The summed E-state index contributed by atoms with van der Waals surface area (Å²) in [6.45, 7) is 15.5. The number of aliphatic hydroxyl groups is 1. The van der Waals surface area contributed by atoms with Crippen LogP contribution in [-0.4, -0.2) is 35.2 Å². The molecule has 126 valence electrons. The summed E-state index contributed by atoms with van der Waals surface area (Å²) in [7, 11) is 0. The van der Waals surface area contributed by atoms with Crippen molar-refractivity contribution in [2.75, 3.05) is 19.7 Å². The zero-order chi connectivity index (χ0) is 16.8. The van der Waals surface area contributed by atoms with Gasteiger partial charge in [-0.1, -0.05) is 25.5 Å². The monoisotopic (exact) mass is 307 g/mol. The molecule has 0 bridgehead atoms. The predicted molar refractivity (Wildman–Crippen MR) is 93.5 cm³/mol. The summed E-state index contributed by atoms with van der Waals surface area (Å²) in [5.41, 5.74) is 2.20. The number of hydrogen-bond acceptors (Lipinski definition) is 3. The van der Waals surface area contributed by atoms with E-state index in [4.69, 9.17) is 4.74 Å². The molecule has 1 aromatic rings. The van der Waals surface area contributed by atoms with Gasteiger partial charge in [-0.2, -0.15) is 0 Å². The Hall–Kier alpha value is -1.06. The average Bonchev–Trinajstić information content (AvgIpc) is 2.44. The third kappa shape index (κ3) is 5.62. The zero-order valence-corrected chi connectivity index (χ0v) is 15.1. The summed E-state index contributed by atoms with van der Waals surface area (Å²) in [4.78, 5) is 2.39. The van der Waals surface area contributed by atoms with Crippen molar-refractivity contribution in [3.8, 4) is 5.75 Å². The van der Waals surface area contributed by atoms with Crippen LogP contribution in [0.2, 0.25) is 0 Å². The smallest absolute Gasteiger partial charge is 0.125 e. The molecule has 0 heterocycles. The van der Waals surface area contributed by atoms with E-state index in [2.05, 4.69) is 39.5 Å². The summed E-state index contributed by atoms with van der Waals surface area (Å²) in [6, 6.07) is 6.06. The van der Waals surface area contributed by atoms with Crippen LogP contribution >= 0.6 is 0 Å². The molecule has 22 heavy (non-hydrogen) atoms. The van der Waals surface area contributed by atoms with Gasteiger partial charge in [0.1, 0.15) is 5.75 Å². The van der Waals surface area contributed by atoms with Crippen molar-refractivity contribution < 1.29 is 9.84 Å². The fourth-order valence-corrected chi connectivity index (χ4v) is 2.67. The second kappa shape index (κ2) is 8.54. The lowest BCUT2D eigenvalue weighted by Gasteiger charge is -2.35. The molecule has 0 saturated heterocycles. The molecule has 0 aliphatic carbocycles. The topological polar surface area (TPSA) is 32.7 Å². The Labute approximate surface area is 136 Å². The molecule has 0 saturated carbocycles. The highest BCUT2D eigenvalue weighted by molar-refractivity contribution is 5.38. The van der Waals surface area contributed by atoms with Crippen molar-refractivity contribution >= 4 is 0 Å². The van der Waals surface area contributed by atoms with Crippen LogP contribution < -0.4 is 4.74 Å². The summed E-state index contributed by atoms with van der Waals surface area (Å²) in [5.74, 6) is 0.818. The van der Waals surface area contributed by atoms with Gasteiger partial charge in [-0.05, 0) is 59.2 Å². The third-order valence-corrected chi connectivity index (χ3v) is 3.99. The maximum Gasteiger partial charge on any atom is 0.125 e. The van der Waals surface area contributed by atoms with Gasteiger partial charge in [-0.15, -0.1) is 0 Å². The van der Waals surface area contributed by atoms with Gasteiger partial charge in [0.05, 0.1) is 12.7 Å². The van der Waals surface area contributed by atoms with Crippen molar-refractivity contribution in [2.24, 2.45) is 0 Å². The Morgan fingerprint density at radius 1 is 1.23 bits per heavy atom. The number of nitrogens with zero attached hydrogens (tertiary/aromatic N) is 1. The van der Waals surface area contributed by atoms with Crippen LogP contribution in [-0.2, 0) is 0 Å². The van der Waals surface area contributed by atoms with Crippen LogP contribution in [0.3, 0.4) is 0 Å². The molecular weight excluding hydrogens is 274 g/mol. The van der Waals surface area contributed by atoms with E-state index in [0.717, 1.165) is 42.8 Å². The Balaban J connectivity index is 2.79. The van der Waals surface area contributed by atoms with E-state index in [9.17, 15) is 5.11 Å². The highest BCUT2D eigenvalue weighted by atomic mass is 16.5. The fraction of sp³-hybridized carbons (Fsp3) is 0.684. The molecule has 0 aliphatic heterocycles. The maximum atomic E-state index is 10.6. The molecular formula is C19H33NO2. The first-order valence-corrected chi connectivity index (χ1v) is 8.46. The molecule has 0 radical (unpaired) electrons. The quantitative estimate of drug-likeness (QED) is 0.776. The number of aliphatic hydroxyl groups excluding tert-OH is 1. The predicted octanol–water partition coefficient (Wildman–Crippen LogP) is 4.33. The summed E-state index contributed by atoms with van der Waals surface area (Å²) in [5, 5.41) is 10.6. The number of aryl methyl sites for hydroxylation is 1. The molecule has 0 amide bonds. The maximum absolute atomic E-state index is 10.6. The minimum absolute atomic E-state index is 0.128. The van der Waals surface area contributed by atoms with Crippen molar-refractivity contribution in [3.05, 3.63) is 29.3 Å². The average molecular weight is 307 g/mol. The highest BCUT2D eigenvalue weighted by Gasteiger charge is 2.21. The van der Waals surface area contributed by atoms with E-state index in [1.54, 1.807) is 0 Å². The molecule has 1 N–H and O–H groups in total. The van der Waals surface area contributed by atoms with Gasteiger partial charge < -0.3 is 9.84 Å². The van der Waals surface area contributed by atoms with Crippen LogP contribution in [0, 0.1) is 6.92 Å². The van der Waals surface area contributed by atoms with Gasteiger partial charge in [0.25, 0.3) is 0 Å². The molecule has 3 nitrogen and oxygen atoms in total. The number of rotatable bonds is 8. The molecule has 1 atom stereocenters. The van der Waals surface area contributed by atoms with E-state index in [-0.39, 0.29) is 5.54 Å². The van der Waals surface area contributed by atoms with E-state index in [1.165, 1.54) is 0 Å². The van der Waals surface area contributed by atoms with E-state index in [0.29, 0.717) is 6.61 Å². The van der Waals surface area contributed by atoms with Crippen molar-refractivity contribution in [1.29, 1.82) is 0 Å². The van der Waals surface area contributed by atoms with Crippen LogP contribution in [0.25, 0.3) is 0 Å². The van der Waals surface area contributed by atoms with Crippen LogP contribution in [0.1, 0.15) is 64.7 Å². The normalized spacial score (nSPS) is 13.5. The second-order valence-corrected chi connectivity index (χ2v) is 6.94. The number of benzene rings is 1. The van der Waals surface area contributed by atoms with E-state index in [1.807, 2.05) is 25.1 Å². The highest BCUT2D eigenvalue weighted by Crippen LogP contribution is 2.29. The molecule has 1 aromatic carbocycles. The molecule has 0 aromatic heterocycles. The molecule has 0 fully saturated rings. The van der Waals surface area contributed by atoms with Crippen molar-refractivity contribution in [3.63, 3.8) is 0 Å².